The van der Waals surface area contributed by atoms with Crippen molar-refractivity contribution in [3.8, 4) is 34.8 Å². The summed E-state index contributed by atoms with van der Waals surface area (Å²) in [6.07, 6.45) is 1.93. The van der Waals surface area contributed by atoms with Gasteiger partial charge in [0.1, 0.15) is 28.9 Å². The Morgan fingerprint density at radius 3 is 2.56 bits per heavy atom. The largest absolute Gasteiger partial charge is 0.493 e. The zero-order chi connectivity index (χ0) is 27.9. The van der Waals surface area contributed by atoms with Crippen LogP contribution in [0.5, 0.6) is 28.7 Å². The van der Waals surface area contributed by atoms with Crippen molar-refractivity contribution < 1.29 is 28.5 Å². The highest BCUT2D eigenvalue weighted by Gasteiger charge is 2.32. The van der Waals surface area contributed by atoms with Crippen molar-refractivity contribution in [1.29, 1.82) is 5.26 Å². The first-order valence-corrected chi connectivity index (χ1v) is 12.9. The molecule has 39 heavy (non-hydrogen) atoms. The normalized spacial score (nSPS) is 14.1. The number of rotatable bonds is 10. The minimum atomic E-state index is -0.655. The van der Waals surface area contributed by atoms with Gasteiger partial charge < -0.3 is 29.4 Å². The van der Waals surface area contributed by atoms with Crippen molar-refractivity contribution in [2.75, 3.05) is 20.3 Å². The van der Waals surface area contributed by atoms with Crippen LogP contribution < -0.4 is 29.4 Å². The standard InChI is InChI=1S/C29H26Cl2N2O6/c1-3-4-11-36-24-9-5-17(12-26(24)35-2)28-20-8-7-19(14-25(20)39-29(33)21(28)15-32)38-27(34)16-37-23-10-6-18(30)13-22(23)31/h5-10,12-14,28H,3-4,11,16,33H2,1-2H3. The van der Waals surface area contributed by atoms with Crippen LogP contribution in [0.25, 0.3) is 0 Å². The average Bonchev–Trinajstić information content (AvgIpc) is 2.92. The highest BCUT2D eigenvalue weighted by atomic mass is 35.5. The van der Waals surface area contributed by atoms with Crippen molar-refractivity contribution in [2.24, 2.45) is 5.73 Å². The van der Waals surface area contributed by atoms with Crippen LogP contribution in [0.1, 0.15) is 36.8 Å². The molecular formula is C29H26Cl2N2O6. The molecule has 10 heteroatoms. The van der Waals surface area contributed by atoms with Gasteiger partial charge in [0.15, 0.2) is 18.1 Å². The lowest BCUT2D eigenvalue weighted by atomic mass is 9.83. The number of unbranched alkanes of at least 4 members (excludes halogenated alkanes) is 1. The molecule has 0 spiro atoms. The van der Waals surface area contributed by atoms with Crippen LogP contribution in [-0.2, 0) is 4.79 Å². The third kappa shape index (κ3) is 6.51. The first-order chi connectivity index (χ1) is 18.8. The molecule has 1 heterocycles. The molecule has 2 N–H and O–H groups in total. The molecule has 0 radical (unpaired) electrons. The summed E-state index contributed by atoms with van der Waals surface area (Å²) in [5, 5.41) is 10.6. The summed E-state index contributed by atoms with van der Waals surface area (Å²) in [5.41, 5.74) is 7.82. The molecule has 0 aliphatic carbocycles. The van der Waals surface area contributed by atoms with Gasteiger partial charge in [-0.2, -0.15) is 5.26 Å². The molecule has 8 nitrogen and oxygen atoms in total. The molecule has 0 amide bonds. The molecule has 0 saturated carbocycles. The second-order valence-corrected chi connectivity index (χ2v) is 9.42. The van der Waals surface area contributed by atoms with E-state index in [1.54, 1.807) is 31.4 Å². The number of halogens is 2. The Morgan fingerprint density at radius 2 is 1.85 bits per heavy atom. The predicted molar refractivity (Wildman–Crippen MR) is 147 cm³/mol. The third-order valence-electron chi connectivity index (χ3n) is 5.94. The molecule has 4 rings (SSSR count). The van der Waals surface area contributed by atoms with E-state index < -0.39 is 11.9 Å². The fraction of sp³-hybridized carbons (Fsp3) is 0.241. The van der Waals surface area contributed by atoms with Gasteiger partial charge in [-0.05, 0) is 48.4 Å². The molecule has 0 aromatic heterocycles. The summed E-state index contributed by atoms with van der Waals surface area (Å²) in [6.45, 7) is 2.28. The molecule has 3 aromatic rings. The number of hydrogen-bond acceptors (Lipinski definition) is 8. The van der Waals surface area contributed by atoms with Crippen LogP contribution in [0, 0.1) is 11.3 Å². The van der Waals surface area contributed by atoms with Gasteiger partial charge in [0.25, 0.3) is 0 Å². The van der Waals surface area contributed by atoms with Crippen LogP contribution >= 0.6 is 23.2 Å². The Morgan fingerprint density at radius 1 is 1.05 bits per heavy atom. The smallest absolute Gasteiger partial charge is 0.349 e. The van der Waals surface area contributed by atoms with Crippen molar-refractivity contribution in [2.45, 2.75) is 25.7 Å². The maximum Gasteiger partial charge on any atom is 0.349 e. The number of nitriles is 1. The van der Waals surface area contributed by atoms with Crippen LogP contribution in [0.15, 0.2) is 66.1 Å². The van der Waals surface area contributed by atoms with Crippen molar-refractivity contribution in [3.05, 3.63) is 87.2 Å². The van der Waals surface area contributed by atoms with Crippen molar-refractivity contribution in [3.63, 3.8) is 0 Å². The van der Waals surface area contributed by atoms with Gasteiger partial charge in [0.05, 0.1) is 24.7 Å². The summed E-state index contributed by atoms with van der Waals surface area (Å²) >= 11 is 12.0. The summed E-state index contributed by atoms with van der Waals surface area (Å²) in [4.78, 5) is 12.4. The van der Waals surface area contributed by atoms with Crippen LogP contribution in [-0.4, -0.2) is 26.3 Å². The lowest BCUT2D eigenvalue weighted by Gasteiger charge is -2.27. The van der Waals surface area contributed by atoms with Gasteiger partial charge in [-0.3, -0.25) is 0 Å². The molecule has 1 unspecified atom stereocenters. The SMILES string of the molecule is CCCCOc1ccc(C2C(C#N)=C(N)Oc3cc(OC(=O)COc4ccc(Cl)cc4Cl)ccc32)cc1OC. The number of nitrogens with two attached hydrogens (primary N) is 1. The summed E-state index contributed by atoms with van der Waals surface area (Å²) in [6, 6.07) is 17.2. The number of esters is 1. The van der Waals surface area contributed by atoms with Crippen molar-refractivity contribution >= 4 is 29.2 Å². The fourth-order valence-corrected chi connectivity index (χ4v) is 4.50. The van der Waals surface area contributed by atoms with E-state index in [1.165, 1.54) is 12.1 Å². The van der Waals surface area contributed by atoms with Gasteiger partial charge in [-0.25, -0.2) is 4.79 Å². The topological polar surface area (TPSA) is 113 Å². The molecular weight excluding hydrogens is 543 g/mol. The van der Waals surface area contributed by atoms with Gasteiger partial charge >= 0.3 is 5.97 Å². The second-order valence-electron chi connectivity index (χ2n) is 8.57. The lowest BCUT2D eigenvalue weighted by Crippen LogP contribution is -2.22. The van der Waals surface area contributed by atoms with Gasteiger partial charge in [-0.15, -0.1) is 0 Å². The number of carbonyl (C=O) groups is 1. The van der Waals surface area contributed by atoms with Crippen LogP contribution in [0.3, 0.4) is 0 Å². The highest BCUT2D eigenvalue weighted by molar-refractivity contribution is 6.35. The molecule has 1 atom stereocenters. The number of benzene rings is 3. The Kier molecular flexibility index (Phi) is 9.07. The first kappa shape index (κ1) is 28.0. The maximum atomic E-state index is 12.4. The summed E-state index contributed by atoms with van der Waals surface area (Å²) < 4.78 is 28.0. The van der Waals surface area contributed by atoms with E-state index in [9.17, 15) is 10.1 Å². The minimum absolute atomic E-state index is 0.0403. The Labute approximate surface area is 236 Å². The third-order valence-corrected chi connectivity index (χ3v) is 6.47. The average molecular weight is 569 g/mol. The summed E-state index contributed by atoms with van der Waals surface area (Å²) in [7, 11) is 1.56. The number of hydrogen-bond donors (Lipinski definition) is 1. The van der Waals surface area contributed by atoms with E-state index in [2.05, 4.69) is 13.0 Å². The number of fused-ring (bicyclic) bond motifs is 1. The Balaban J connectivity index is 1.55. The highest BCUT2D eigenvalue weighted by Crippen LogP contribution is 2.45. The molecule has 0 bridgehead atoms. The zero-order valence-electron chi connectivity index (χ0n) is 21.3. The van der Waals surface area contributed by atoms with E-state index in [4.69, 9.17) is 52.6 Å². The number of methoxy groups -OCH3 is 1. The molecule has 0 saturated heterocycles. The van der Waals surface area contributed by atoms with Gasteiger partial charge in [0.2, 0.25) is 5.88 Å². The molecule has 1 aliphatic heterocycles. The monoisotopic (exact) mass is 568 g/mol. The van der Waals surface area contributed by atoms with E-state index in [1.807, 2.05) is 18.2 Å². The first-order valence-electron chi connectivity index (χ1n) is 12.1. The van der Waals surface area contributed by atoms with Crippen molar-refractivity contribution in [1.82, 2.24) is 0 Å². The lowest BCUT2D eigenvalue weighted by molar-refractivity contribution is -0.136. The quantitative estimate of drug-likeness (QED) is 0.170. The summed E-state index contributed by atoms with van der Waals surface area (Å²) in [5.74, 6) is 0.797. The van der Waals surface area contributed by atoms with E-state index in [0.717, 1.165) is 18.4 Å². The molecule has 1 aliphatic rings. The predicted octanol–water partition coefficient (Wildman–Crippen LogP) is 6.38. The maximum absolute atomic E-state index is 12.4. The number of allylic oxidation sites excluding steroid dienone is 1. The van der Waals surface area contributed by atoms with Crippen LogP contribution in [0.4, 0.5) is 0 Å². The number of carbonyl (C=O) groups excluding carboxylic acids is 1. The molecule has 202 valence electrons. The van der Waals surface area contributed by atoms with E-state index in [-0.39, 0.29) is 28.8 Å². The molecule has 3 aromatic carbocycles. The Hall–Kier alpha value is -4.06. The second kappa shape index (κ2) is 12.7. The Bertz CT molecular complexity index is 1450. The van der Waals surface area contributed by atoms with E-state index >= 15 is 0 Å². The zero-order valence-corrected chi connectivity index (χ0v) is 22.8. The minimum Gasteiger partial charge on any atom is -0.493 e. The van der Waals surface area contributed by atoms with Crippen LogP contribution in [0.2, 0.25) is 10.0 Å². The number of ether oxygens (including phenoxy) is 5. The van der Waals surface area contributed by atoms with Gasteiger partial charge in [-0.1, -0.05) is 48.7 Å². The van der Waals surface area contributed by atoms with E-state index in [0.29, 0.717) is 40.2 Å². The number of nitrogens with zero attached hydrogens (tertiary/aromatic N) is 1. The van der Waals surface area contributed by atoms with Gasteiger partial charge in [0, 0.05) is 16.7 Å². The fourth-order valence-electron chi connectivity index (χ4n) is 4.04. The molecule has 0 fully saturated rings.